The van der Waals surface area contributed by atoms with Crippen molar-refractivity contribution >= 4 is 28.8 Å². The van der Waals surface area contributed by atoms with Crippen LogP contribution in [0.1, 0.15) is 10.4 Å². The van der Waals surface area contributed by atoms with Crippen molar-refractivity contribution in [2.45, 2.75) is 0 Å². The third kappa shape index (κ3) is 1.59. The van der Waals surface area contributed by atoms with Gasteiger partial charge in [-0.2, -0.15) is 0 Å². The van der Waals surface area contributed by atoms with Gasteiger partial charge in [0.05, 0.1) is 22.9 Å². The molecule has 0 aromatic carbocycles. The van der Waals surface area contributed by atoms with Gasteiger partial charge in [-0.15, -0.1) is 0 Å². The van der Waals surface area contributed by atoms with Gasteiger partial charge in [0.1, 0.15) is 5.56 Å². The van der Waals surface area contributed by atoms with E-state index in [0.717, 1.165) is 0 Å². The van der Waals surface area contributed by atoms with Crippen molar-refractivity contribution in [2.75, 3.05) is 0 Å². The number of hydrogen-bond donors (Lipinski definition) is 1. The maximum Gasteiger partial charge on any atom is 0.341 e. The number of halogens is 1. The smallest absolute Gasteiger partial charge is 0.341 e. The van der Waals surface area contributed by atoms with Crippen LogP contribution in [0.3, 0.4) is 0 Å². The molecule has 5 heteroatoms. The molecule has 0 unspecified atom stereocenters. The number of carbonyl (C=O) groups is 1. The van der Waals surface area contributed by atoms with Crippen molar-refractivity contribution in [1.82, 2.24) is 2.78 Å². The quantitative estimate of drug-likeness (QED) is 0.762. The number of nitrogens with zero attached hydrogens (tertiary/aromatic N) is 1. The Morgan fingerprint density at radius 3 is 2.73 bits per heavy atom. The van der Waals surface area contributed by atoms with Crippen LogP contribution in [0.25, 0.3) is 0 Å². The Morgan fingerprint density at radius 1 is 1.64 bits per heavy atom. The van der Waals surface area contributed by atoms with Gasteiger partial charge in [-0.25, -0.2) is 4.79 Å². The number of carboxylic acid groups (broad SMARTS) is 1. The fourth-order valence-electron chi connectivity index (χ4n) is 0.632. The molecule has 0 aliphatic heterocycles. The first-order valence-electron chi connectivity index (χ1n) is 2.74. The van der Waals surface area contributed by atoms with Crippen LogP contribution in [0.5, 0.6) is 0 Å². The summed E-state index contributed by atoms with van der Waals surface area (Å²) in [6, 6.07) is 2.79. The molecule has 0 aliphatic rings. The molecule has 1 aromatic rings. The second-order valence-corrected chi connectivity index (χ2v) is 2.88. The average molecular weight is 265 g/mol. The summed E-state index contributed by atoms with van der Waals surface area (Å²) in [4.78, 5) is 21.3. The molecule has 0 radical (unpaired) electrons. The molecule has 0 atom stereocenters. The summed E-state index contributed by atoms with van der Waals surface area (Å²) in [7, 11) is 0. The molecular weight excluding hydrogens is 261 g/mol. The summed E-state index contributed by atoms with van der Waals surface area (Å²) in [5.41, 5.74) is -0.706. The number of aromatic carboxylic acids is 1. The van der Waals surface area contributed by atoms with Gasteiger partial charge >= 0.3 is 5.97 Å². The van der Waals surface area contributed by atoms with Crippen LogP contribution in [0.4, 0.5) is 0 Å². The van der Waals surface area contributed by atoms with Crippen molar-refractivity contribution in [3.8, 4) is 0 Å². The first-order chi connectivity index (χ1) is 5.13. The minimum absolute atomic E-state index is 0.207. The minimum atomic E-state index is -1.19. The van der Waals surface area contributed by atoms with Crippen molar-refractivity contribution in [3.63, 3.8) is 0 Å². The predicted octanol–water partition coefficient (Wildman–Crippen LogP) is 0.745. The third-order valence-corrected chi connectivity index (χ3v) is 1.89. The van der Waals surface area contributed by atoms with Crippen molar-refractivity contribution < 1.29 is 9.90 Å². The zero-order valence-electron chi connectivity index (χ0n) is 5.32. The van der Waals surface area contributed by atoms with E-state index in [1.807, 2.05) is 0 Å². The second kappa shape index (κ2) is 3.04. The Balaban J connectivity index is 3.40. The normalized spacial score (nSPS) is 9.55. The predicted molar refractivity (Wildman–Crippen MR) is 47.1 cm³/mol. The molecule has 0 bridgehead atoms. The summed E-state index contributed by atoms with van der Waals surface area (Å²) in [6.45, 7) is 0. The summed E-state index contributed by atoms with van der Waals surface area (Å²) in [6.07, 6.45) is 1.50. The van der Waals surface area contributed by atoms with Crippen LogP contribution in [0.2, 0.25) is 0 Å². The average Bonchev–Trinajstić information content (AvgIpc) is 1.94. The summed E-state index contributed by atoms with van der Waals surface area (Å²) < 4.78 is 1.20. The Hall–Kier alpha value is -0.850. The van der Waals surface area contributed by atoms with E-state index in [2.05, 4.69) is 0 Å². The molecule has 0 fully saturated rings. The monoisotopic (exact) mass is 265 g/mol. The van der Waals surface area contributed by atoms with E-state index in [1.54, 1.807) is 22.9 Å². The lowest BCUT2D eigenvalue weighted by Gasteiger charge is -1.94. The number of hydrogen-bond acceptors (Lipinski definition) is 2. The summed E-state index contributed by atoms with van der Waals surface area (Å²) in [5, 5.41) is 8.47. The van der Waals surface area contributed by atoms with Gasteiger partial charge in [0, 0.05) is 6.20 Å². The molecule has 1 rings (SSSR count). The van der Waals surface area contributed by atoms with Gasteiger partial charge in [0.2, 0.25) is 0 Å². The van der Waals surface area contributed by atoms with Crippen LogP contribution in [-0.4, -0.2) is 13.9 Å². The molecule has 0 aliphatic carbocycles. The molecule has 0 spiro atoms. The zero-order valence-corrected chi connectivity index (χ0v) is 7.48. The standard InChI is InChI=1S/C6H4INO3/c7-8-3-1-2-4(5(8)9)6(10)11/h1-3H,(H,10,11). The summed E-state index contributed by atoms with van der Waals surface area (Å²) in [5.74, 6) is -1.19. The highest BCUT2D eigenvalue weighted by Gasteiger charge is 2.07. The maximum atomic E-state index is 11.0. The fourth-order valence-corrected chi connectivity index (χ4v) is 1.08. The zero-order chi connectivity index (χ0) is 8.43. The van der Waals surface area contributed by atoms with Crippen LogP contribution in [0, 0.1) is 0 Å². The topological polar surface area (TPSA) is 59.3 Å². The third-order valence-electron chi connectivity index (χ3n) is 1.13. The van der Waals surface area contributed by atoms with Gasteiger partial charge < -0.3 is 5.11 Å². The Labute approximate surface area is 76.0 Å². The molecule has 11 heavy (non-hydrogen) atoms. The Morgan fingerprint density at radius 2 is 2.27 bits per heavy atom. The molecule has 1 heterocycles. The first kappa shape index (κ1) is 8.25. The minimum Gasteiger partial charge on any atom is -0.477 e. The number of rotatable bonds is 1. The largest absolute Gasteiger partial charge is 0.477 e. The van der Waals surface area contributed by atoms with Crippen molar-refractivity contribution in [1.29, 1.82) is 0 Å². The highest BCUT2D eigenvalue weighted by atomic mass is 127. The van der Waals surface area contributed by atoms with Crippen LogP contribution < -0.4 is 5.56 Å². The maximum absolute atomic E-state index is 11.0. The molecular formula is C6H4INO3. The van der Waals surface area contributed by atoms with E-state index in [0.29, 0.717) is 0 Å². The second-order valence-electron chi connectivity index (χ2n) is 1.84. The lowest BCUT2D eigenvalue weighted by Crippen LogP contribution is -2.20. The Kier molecular flexibility index (Phi) is 2.28. The molecule has 1 N–H and O–H groups in total. The van der Waals surface area contributed by atoms with E-state index < -0.39 is 11.5 Å². The van der Waals surface area contributed by atoms with E-state index in [4.69, 9.17) is 5.11 Å². The first-order valence-corrected chi connectivity index (χ1v) is 3.70. The van der Waals surface area contributed by atoms with E-state index in [-0.39, 0.29) is 5.56 Å². The van der Waals surface area contributed by atoms with Crippen molar-refractivity contribution in [2.24, 2.45) is 0 Å². The highest BCUT2D eigenvalue weighted by Crippen LogP contribution is 1.94. The van der Waals surface area contributed by atoms with Crippen LogP contribution in [-0.2, 0) is 0 Å². The number of pyridine rings is 1. The van der Waals surface area contributed by atoms with E-state index >= 15 is 0 Å². The van der Waals surface area contributed by atoms with Crippen LogP contribution in [0.15, 0.2) is 23.1 Å². The lowest BCUT2D eigenvalue weighted by atomic mass is 10.3. The fraction of sp³-hybridized carbons (Fsp3) is 0. The van der Waals surface area contributed by atoms with Crippen molar-refractivity contribution in [3.05, 3.63) is 34.2 Å². The number of carboxylic acids is 1. The van der Waals surface area contributed by atoms with Crippen LogP contribution >= 0.6 is 22.9 Å². The van der Waals surface area contributed by atoms with E-state index in [9.17, 15) is 9.59 Å². The van der Waals surface area contributed by atoms with Gasteiger partial charge in [0.15, 0.2) is 0 Å². The molecule has 0 saturated heterocycles. The van der Waals surface area contributed by atoms with Gasteiger partial charge in [-0.3, -0.25) is 7.58 Å². The highest BCUT2D eigenvalue weighted by molar-refractivity contribution is 14.1. The number of aromatic nitrogens is 1. The summed E-state index contributed by atoms with van der Waals surface area (Å²) >= 11 is 1.72. The molecule has 1 aromatic heterocycles. The molecule has 58 valence electrons. The SMILES string of the molecule is O=C(O)c1cccn(I)c1=O. The molecule has 0 amide bonds. The van der Waals surface area contributed by atoms with Gasteiger partial charge in [-0.1, -0.05) is 0 Å². The molecule has 4 nitrogen and oxygen atoms in total. The van der Waals surface area contributed by atoms with Gasteiger partial charge in [-0.05, 0) is 12.1 Å². The lowest BCUT2D eigenvalue weighted by molar-refractivity contribution is 0.0695. The van der Waals surface area contributed by atoms with Gasteiger partial charge in [0.25, 0.3) is 5.56 Å². The van der Waals surface area contributed by atoms with E-state index in [1.165, 1.54) is 21.1 Å². The Bertz CT molecular complexity index is 344. The molecule has 0 saturated carbocycles.